The van der Waals surface area contributed by atoms with Gasteiger partial charge in [-0.15, -0.1) is 0 Å². The molecular formula is C19H20N2O4S. The molecule has 0 spiro atoms. The minimum absolute atomic E-state index is 0.175. The summed E-state index contributed by atoms with van der Waals surface area (Å²) in [6.07, 6.45) is 0.375. The summed E-state index contributed by atoms with van der Waals surface area (Å²) in [5.41, 5.74) is 2.03. The number of carbonyl (C=O) groups is 1. The molecule has 1 saturated carbocycles. The lowest BCUT2D eigenvalue weighted by molar-refractivity contribution is -0.116. The predicted octanol–water partition coefficient (Wildman–Crippen LogP) is 2.55. The van der Waals surface area contributed by atoms with Crippen molar-refractivity contribution >= 4 is 27.3 Å². The standard InChI is InChI=1S/C19H20N2O4S/c1-13-10-16(25-2)8-9-17(13)20-18(22)19-11-14(19)12-21(26(19,23)24)15-6-4-3-5-7-15/h3-10,14H,11-12H2,1-2H3,(H,20,22)/t14-,19+/m1/s1. The number of hydrogen-bond donors (Lipinski definition) is 1. The maximum Gasteiger partial charge on any atom is 0.250 e. The number of rotatable bonds is 4. The molecule has 2 atom stereocenters. The average molecular weight is 372 g/mol. The molecule has 2 aromatic carbocycles. The zero-order chi connectivity index (χ0) is 18.5. The van der Waals surface area contributed by atoms with Crippen molar-refractivity contribution in [3.63, 3.8) is 0 Å². The van der Waals surface area contributed by atoms with Gasteiger partial charge >= 0.3 is 0 Å². The normalized spacial score (nSPS) is 25.5. The predicted molar refractivity (Wildman–Crippen MR) is 99.9 cm³/mol. The Hall–Kier alpha value is -2.54. The molecule has 1 heterocycles. The smallest absolute Gasteiger partial charge is 0.250 e. The van der Waals surface area contributed by atoms with Gasteiger partial charge in [-0.3, -0.25) is 9.10 Å². The molecule has 136 valence electrons. The second-order valence-corrected chi connectivity index (χ2v) is 8.92. The average Bonchev–Trinajstić information content (AvgIpc) is 3.33. The van der Waals surface area contributed by atoms with E-state index < -0.39 is 20.7 Å². The minimum atomic E-state index is -3.75. The fourth-order valence-corrected chi connectivity index (χ4v) is 6.06. The van der Waals surface area contributed by atoms with Gasteiger partial charge < -0.3 is 10.1 Å². The number of aryl methyl sites for hydroxylation is 1. The molecule has 1 N–H and O–H groups in total. The third kappa shape index (κ3) is 2.30. The number of fused-ring (bicyclic) bond motifs is 1. The van der Waals surface area contributed by atoms with Crippen LogP contribution >= 0.6 is 0 Å². The van der Waals surface area contributed by atoms with Gasteiger partial charge in [-0.1, -0.05) is 18.2 Å². The summed E-state index contributed by atoms with van der Waals surface area (Å²) in [7, 11) is -2.18. The van der Waals surface area contributed by atoms with E-state index in [0.29, 0.717) is 30.1 Å². The van der Waals surface area contributed by atoms with Crippen LogP contribution in [-0.4, -0.2) is 32.7 Å². The first-order chi connectivity index (χ1) is 12.4. The maximum absolute atomic E-state index is 13.1. The Morgan fingerprint density at radius 2 is 1.96 bits per heavy atom. The largest absolute Gasteiger partial charge is 0.497 e. The molecule has 0 bridgehead atoms. The van der Waals surface area contributed by atoms with E-state index in [-0.39, 0.29) is 5.92 Å². The van der Waals surface area contributed by atoms with Gasteiger partial charge in [0.05, 0.1) is 12.8 Å². The number of sulfonamides is 1. The highest BCUT2D eigenvalue weighted by Gasteiger charge is 2.75. The Balaban J connectivity index is 1.61. The van der Waals surface area contributed by atoms with Crippen molar-refractivity contribution in [3.05, 3.63) is 54.1 Å². The minimum Gasteiger partial charge on any atom is -0.497 e. The Kier molecular flexibility index (Phi) is 3.73. The number of para-hydroxylation sites is 1. The lowest BCUT2D eigenvalue weighted by Gasteiger charge is -2.23. The molecule has 2 aromatic rings. The van der Waals surface area contributed by atoms with Crippen LogP contribution in [0.5, 0.6) is 5.75 Å². The summed E-state index contributed by atoms with van der Waals surface area (Å²) in [5.74, 6) is 0.0622. The third-order valence-corrected chi connectivity index (χ3v) is 7.84. The molecule has 4 rings (SSSR count). The van der Waals surface area contributed by atoms with Gasteiger partial charge in [0, 0.05) is 18.2 Å². The van der Waals surface area contributed by atoms with Crippen LogP contribution in [-0.2, 0) is 14.8 Å². The fraction of sp³-hybridized carbons (Fsp3) is 0.316. The number of carbonyl (C=O) groups excluding carboxylic acids is 1. The number of anilines is 2. The second kappa shape index (κ2) is 5.74. The van der Waals surface area contributed by atoms with Gasteiger partial charge in [0.15, 0.2) is 4.75 Å². The summed E-state index contributed by atoms with van der Waals surface area (Å²) in [6.45, 7) is 2.20. The highest BCUT2D eigenvalue weighted by molar-refractivity contribution is 7.95. The first-order valence-electron chi connectivity index (χ1n) is 8.43. The number of hydrogen-bond acceptors (Lipinski definition) is 4. The number of methoxy groups -OCH3 is 1. The molecule has 0 aromatic heterocycles. The first kappa shape index (κ1) is 16.9. The van der Waals surface area contributed by atoms with Crippen LogP contribution in [0.4, 0.5) is 11.4 Å². The Labute approximate surface area is 152 Å². The van der Waals surface area contributed by atoms with Gasteiger partial charge in [-0.05, 0) is 49.2 Å². The molecule has 1 amide bonds. The summed E-state index contributed by atoms with van der Waals surface area (Å²) in [5, 5.41) is 2.81. The zero-order valence-corrected chi connectivity index (χ0v) is 15.4. The van der Waals surface area contributed by atoms with Gasteiger partial charge in [-0.25, -0.2) is 8.42 Å². The highest BCUT2D eigenvalue weighted by atomic mass is 32.2. The SMILES string of the molecule is COc1ccc(NC(=O)[C@]23C[C@@H]2CN(c2ccccc2)S3(=O)=O)c(C)c1. The Morgan fingerprint density at radius 3 is 2.62 bits per heavy atom. The third-order valence-electron chi connectivity index (χ3n) is 5.30. The van der Waals surface area contributed by atoms with E-state index >= 15 is 0 Å². The molecule has 1 aliphatic carbocycles. The van der Waals surface area contributed by atoms with Crippen LogP contribution in [0.25, 0.3) is 0 Å². The fourth-order valence-electron chi connectivity index (χ4n) is 3.70. The number of nitrogens with one attached hydrogen (secondary N) is 1. The van der Waals surface area contributed by atoms with Crippen LogP contribution < -0.4 is 14.4 Å². The van der Waals surface area contributed by atoms with Gasteiger partial charge in [0.25, 0.3) is 0 Å². The van der Waals surface area contributed by atoms with Crippen LogP contribution in [0.15, 0.2) is 48.5 Å². The number of benzene rings is 2. The summed E-state index contributed by atoms with van der Waals surface area (Å²) < 4.78 is 31.4. The van der Waals surface area contributed by atoms with Crippen molar-refractivity contribution in [2.75, 3.05) is 23.3 Å². The summed E-state index contributed by atoms with van der Waals surface area (Å²) in [6, 6.07) is 14.2. The van der Waals surface area contributed by atoms with E-state index in [1.165, 1.54) is 4.31 Å². The molecule has 2 aliphatic rings. The van der Waals surface area contributed by atoms with Crippen molar-refractivity contribution in [1.29, 1.82) is 0 Å². The van der Waals surface area contributed by atoms with Crippen molar-refractivity contribution < 1.29 is 17.9 Å². The monoisotopic (exact) mass is 372 g/mol. The van der Waals surface area contributed by atoms with Gasteiger partial charge in [-0.2, -0.15) is 0 Å². The zero-order valence-electron chi connectivity index (χ0n) is 14.6. The topological polar surface area (TPSA) is 75.7 Å². The van der Waals surface area contributed by atoms with E-state index in [1.54, 1.807) is 49.6 Å². The van der Waals surface area contributed by atoms with E-state index in [1.807, 2.05) is 13.0 Å². The molecule has 7 heteroatoms. The molecule has 26 heavy (non-hydrogen) atoms. The second-order valence-electron chi connectivity index (χ2n) is 6.80. The molecule has 1 aliphatic heterocycles. The first-order valence-corrected chi connectivity index (χ1v) is 9.87. The van der Waals surface area contributed by atoms with Crippen LogP contribution in [0.2, 0.25) is 0 Å². The van der Waals surface area contributed by atoms with Crippen molar-refractivity contribution in [2.45, 2.75) is 18.1 Å². The molecule has 1 saturated heterocycles. The van der Waals surface area contributed by atoms with Crippen LogP contribution in [0, 0.1) is 12.8 Å². The summed E-state index contributed by atoms with van der Waals surface area (Å²) >= 11 is 0. The van der Waals surface area contributed by atoms with Crippen LogP contribution in [0.3, 0.4) is 0 Å². The quantitative estimate of drug-likeness (QED) is 0.895. The highest BCUT2D eigenvalue weighted by Crippen LogP contribution is 2.58. The van der Waals surface area contributed by atoms with Gasteiger partial charge in [0.1, 0.15) is 5.75 Å². The number of amides is 1. The number of nitrogens with zero attached hydrogens (tertiary/aromatic N) is 1. The molecule has 0 radical (unpaired) electrons. The summed E-state index contributed by atoms with van der Waals surface area (Å²) in [4.78, 5) is 12.9. The Morgan fingerprint density at radius 1 is 1.23 bits per heavy atom. The van der Waals surface area contributed by atoms with Gasteiger partial charge in [0.2, 0.25) is 15.9 Å². The Bertz CT molecular complexity index is 974. The molecule has 2 fully saturated rings. The molecular weight excluding hydrogens is 352 g/mol. The van der Waals surface area contributed by atoms with E-state index in [2.05, 4.69) is 5.32 Å². The van der Waals surface area contributed by atoms with E-state index in [4.69, 9.17) is 4.74 Å². The van der Waals surface area contributed by atoms with Crippen LogP contribution in [0.1, 0.15) is 12.0 Å². The van der Waals surface area contributed by atoms with Crippen molar-refractivity contribution in [1.82, 2.24) is 0 Å². The maximum atomic E-state index is 13.1. The number of ether oxygens (including phenoxy) is 1. The van der Waals surface area contributed by atoms with Crippen molar-refractivity contribution in [2.24, 2.45) is 5.92 Å². The van der Waals surface area contributed by atoms with Crippen molar-refractivity contribution in [3.8, 4) is 5.75 Å². The lowest BCUT2D eigenvalue weighted by atomic mass is 10.1. The molecule has 6 nitrogen and oxygen atoms in total. The van der Waals surface area contributed by atoms with E-state index in [0.717, 1.165) is 5.56 Å². The lowest BCUT2D eigenvalue weighted by Crippen LogP contribution is -2.42. The van der Waals surface area contributed by atoms with E-state index in [9.17, 15) is 13.2 Å². The molecule has 0 unspecified atom stereocenters.